The average molecular weight is 271 g/mol. The van der Waals surface area contributed by atoms with Crippen molar-refractivity contribution in [2.45, 2.75) is 39.7 Å². The van der Waals surface area contributed by atoms with Crippen molar-refractivity contribution >= 4 is 5.82 Å². The molecule has 0 radical (unpaired) electrons. The van der Waals surface area contributed by atoms with Crippen LogP contribution in [-0.2, 0) is 6.42 Å². The molecule has 1 aromatic carbocycles. The van der Waals surface area contributed by atoms with Gasteiger partial charge in [0.1, 0.15) is 17.9 Å². The molecule has 0 aliphatic heterocycles. The van der Waals surface area contributed by atoms with E-state index in [0.717, 1.165) is 35.4 Å². The Morgan fingerprint density at radius 2 is 1.85 bits per heavy atom. The Balaban J connectivity index is 2.34. The number of nitrogens with two attached hydrogens (primary N) is 1. The van der Waals surface area contributed by atoms with Gasteiger partial charge in [-0.15, -0.1) is 0 Å². The molecule has 1 heterocycles. The third kappa shape index (κ3) is 3.26. The normalized spacial score (nSPS) is 10.8. The molecule has 4 heteroatoms. The summed E-state index contributed by atoms with van der Waals surface area (Å²) in [4.78, 5) is 8.47. The van der Waals surface area contributed by atoms with Crippen molar-refractivity contribution in [3.05, 3.63) is 36.2 Å². The fourth-order valence-electron chi connectivity index (χ4n) is 2.13. The predicted molar refractivity (Wildman–Crippen MR) is 81.6 cm³/mol. The summed E-state index contributed by atoms with van der Waals surface area (Å²) in [5.74, 6) is 1.43. The maximum absolute atomic E-state index is 5.96. The van der Waals surface area contributed by atoms with Crippen molar-refractivity contribution in [3.63, 3.8) is 0 Å². The van der Waals surface area contributed by atoms with Gasteiger partial charge in [0.25, 0.3) is 0 Å². The summed E-state index contributed by atoms with van der Waals surface area (Å²) < 4.78 is 5.65. The summed E-state index contributed by atoms with van der Waals surface area (Å²) in [6.45, 7) is 6.15. The first kappa shape index (κ1) is 14.3. The number of rotatable bonds is 5. The zero-order valence-electron chi connectivity index (χ0n) is 12.3. The summed E-state index contributed by atoms with van der Waals surface area (Å²) in [5.41, 5.74) is 8.94. The summed E-state index contributed by atoms with van der Waals surface area (Å²) in [5, 5.41) is 0. The minimum absolute atomic E-state index is 0.172. The third-order valence-electron chi connectivity index (χ3n) is 2.98. The van der Waals surface area contributed by atoms with Crippen LogP contribution in [0.5, 0.6) is 5.75 Å². The molecule has 0 saturated carbocycles. The SMILES string of the molecule is CCCc1c(N)ncnc1-c1ccc(OC(C)C)cc1. The second-order valence-corrected chi connectivity index (χ2v) is 5.03. The van der Waals surface area contributed by atoms with Crippen LogP contribution < -0.4 is 10.5 Å². The van der Waals surface area contributed by atoms with Gasteiger partial charge in [-0.1, -0.05) is 13.3 Å². The van der Waals surface area contributed by atoms with Crippen LogP contribution in [0.2, 0.25) is 0 Å². The fraction of sp³-hybridized carbons (Fsp3) is 0.375. The highest BCUT2D eigenvalue weighted by molar-refractivity contribution is 5.67. The van der Waals surface area contributed by atoms with Gasteiger partial charge in [0.15, 0.2) is 0 Å². The Morgan fingerprint density at radius 3 is 2.45 bits per heavy atom. The molecule has 2 rings (SSSR count). The first-order chi connectivity index (χ1) is 9.61. The molecule has 4 nitrogen and oxygen atoms in total. The topological polar surface area (TPSA) is 61.0 Å². The van der Waals surface area contributed by atoms with E-state index < -0.39 is 0 Å². The summed E-state index contributed by atoms with van der Waals surface area (Å²) in [6, 6.07) is 7.95. The molecule has 0 spiro atoms. The molecule has 1 aromatic heterocycles. The molecule has 0 saturated heterocycles. The average Bonchev–Trinajstić information content (AvgIpc) is 2.42. The van der Waals surface area contributed by atoms with Crippen molar-refractivity contribution in [1.82, 2.24) is 9.97 Å². The van der Waals surface area contributed by atoms with E-state index in [1.54, 1.807) is 0 Å². The summed E-state index contributed by atoms with van der Waals surface area (Å²) in [6.07, 6.45) is 3.58. The highest BCUT2D eigenvalue weighted by Gasteiger charge is 2.10. The van der Waals surface area contributed by atoms with Gasteiger partial charge in [-0.2, -0.15) is 0 Å². The van der Waals surface area contributed by atoms with Crippen LogP contribution in [0.15, 0.2) is 30.6 Å². The van der Waals surface area contributed by atoms with E-state index >= 15 is 0 Å². The number of ether oxygens (including phenoxy) is 1. The maximum atomic E-state index is 5.96. The van der Waals surface area contributed by atoms with E-state index in [2.05, 4.69) is 16.9 Å². The van der Waals surface area contributed by atoms with Crippen molar-refractivity contribution in [3.8, 4) is 17.0 Å². The van der Waals surface area contributed by atoms with Gasteiger partial charge >= 0.3 is 0 Å². The van der Waals surface area contributed by atoms with Crippen LogP contribution in [0.3, 0.4) is 0 Å². The van der Waals surface area contributed by atoms with Gasteiger partial charge in [-0.3, -0.25) is 0 Å². The summed E-state index contributed by atoms with van der Waals surface area (Å²) >= 11 is 0. The molecule has 2 aromatic rings. The first-order valence-corrected chi connectivity index (χ1v) is 6.98. The number of nitrogens with zero attached hydrogens (tertiary/aromatic N) is 2. The lowest BCUT2D eigenvalue weighted by molar-refractivity contribution is 0.242. The largest absolute Gasteiger partial charge is 0.491 e. The Labute approximate surface area is 120 Å². The zero-order chi connectivity index (χ0) is 14.5. The molecule has 0 bridgehead atoms. The summed E-state index contributed by atoms with van der Waals surface area (Å²) in [7, 11) is 0. The van der Waals surface area contributed by atoms with Gasteiger partial charge < -0.3 is 10.5 Å². The Kier molecular flexibility index (Phi) is 4.56. The molecule has 0 aliphatic carbocycles. The van der Waals surface area contributed by atoms with E-state index in [1.165, 1.54) is 6.33 Å². The third-order valence-corrected chi connectivity index (χ3v) is 2.98. The van der Waals surface area contributed by atoms with E-state index in [-0.39, 0.29) is 6.10 Å². The maximum Gasteiger partial charge on any atom is 0.130 e. The molecule has 106 valence electrons. The Hall–Kier alpha value is -2.10. The van der Waals surface area contributed by atoms with Crippen molar-refractivity contribution < 1.29 is 4.74 Å². The molecule has 20 heavy (non-hydrogen) atoms. The van der Waals surface area contributed by atoms with E-state index in [9.17, 15) is 0 Å². The van der Waals surface area contributed by atoms with Gasteiger partial charge in [0.2, 0.25) is 0 Å². The monoisotopic (exact) mass is 271 g/mol. The molecule has 0 amide bonds. The Bertz CT molecular complexity index is 564. The second kappa shape index (κ2) is 6.37. The molecule has 2 N–H and O–H groups in total. The number of hydrogen-bond acceptors (Lipinski definition) is 4. The van der Waals surface area contributed by atoms with Crippen molar-refractivity contribution in [2.24, 2.45) is 0 Å². The number of aromatic nitrogens is 2. The zero-order valence-corrected chi connectivity index (χ0v) is 12.3. The van der Waals surface area contributed by atoms with Crippen molar-refractivity contribution in [1.29, 1.82) is 0 Å². The number of benzene rings is 1. The standard InChI is InChI=1S/C16H21N3O/c1-4-5-14-15(18-10-19-16(14)17)12-6-8-13(9-7-12)20-11(2)3/h6-11H,4-5H2,1-3H3,(H2,17,18,19). The van der Waals surface area contributed by atoms with E-state index in [1.807, 2.05) is 38.1 Å². The smallest absolute Gasteiger partial charge is 0.130 e. The number of nitrogen functional groups attached to an aromatic ring is 1. The highest BCUT2D eigenvalue weighted by atomic mass is 16.5. The molecule has 0 fully saturated rings. The molecular weight excluding hydrogens is 250 g/mol. The minimum Gasteiger partial charge on any atom is -0.491 e. The highest BCUT2D eigenvalue weighted by Crippen LogP contribution is 2.27. The van der Waals surface area contributed by atoms with Crippen LogP contribution in [0.25, 0.3) is 11.3 Å². The first-order valence-electron chi connectivity index (χ1n) is 6.98. The lowest BCUT2D eigenvalue weighted by atomic mass is 10.0. The Morgan fingerprint density at radius 1 is 1.15 bits per heavy atom. The van der Waals surface area contributed by atoms with Crippen LogP contribution in [0.1, 0.15) is 32.8 Å². The lowest BCUT2D eigenvalue weighted by Crippen LogP contribution is -2.05. The van der Waals surface area contributed by atoms with Gasteiger partial charge in [-0.25, -0.2) is 9.97 Å². The van der Waals surface area contributed by atoms with Crippen molar-refractivity contribution in [2.75, 3.05) is 5.73 Å². The second-order valence-electron chi connectivity index (χ2n) is 5.03. The quantitative estimate of drug-likeness (QED) is 0.904. The van der Waals surface area contributed by atoms with Crippen LogP contribution in [0.4, 0.5) is 5.82 Å². The van der Waals surface area contributed by atoms with Crippen LogP contribution in [0, 0.1) is 0 Å². The van der Waals surface area contributed by atoms with Gasteiger partial charge in [0.05, 0.1) is 11.8 Å². The lowest BCUT2D eigenvalue weighted by Gasteiger charge is -2.12. The van der Waals surface area contributed by atoms with Gasteiger partial charge in [0, 0.05) is 11.1 Å². The number of anilines is 1. The fourth-order valence-corrected chi connectivity index (χ4v) is 2.13. The number of hydrogen-bond donors (Lipinski definition) is 1. The molecule has 0 aliphatic rings. The van der Waals surface area contributed by atoms with E-state index in [4.69, 9.17) is 10.5 Å². The minimum atomic E-state index is 0.172. The molecule has 0 atom stereocenters. The predicted octanol–water partition coefficient (Wildman–Crippen LogP) is 3.47. The van der Waals surface area contributed by atoms with Crippen LogP contribution in [-0.4, -0.2) is 16.1 Å². The van der Waals surface area contributed by atoms with Crippen LogP contribution >= 0.6 is 0 Å². The molecule has 0 unspecified atom stereocenters. The van der Waals surface area contributed by atoms with Gasteiger partial charge in [-0.05, 0) is 44.5 Å². The van der Waals surface area contributed by atoms with E-state index in [0.29, 0.717) is 5.82 Å². The molecular formula is C16H21N3O.